The first-order valence-corrected chi connectivity index (χ1v) is 8.26. The molecule has 0 aliphatic rings. The van der Waals surface area contributed by atoms with Crippen LogP contribution < -0.4 is 4.72 Å². The Morgan fingerprint density at radius 3 is 2.57 bits per heavy atom. The molecule has 6 nitrogen and oxygen atoms in total. The van der Waals surface area contributed by atoms with E-state index in [0.717, 1.165) is 0 Å². The number of nitrogens with one attached hydrogen (secondary N) is 1. The summed E-state index contributed by atoms with van der Waals surface area (Å²) in [6.45, 7) is 5.90. The van der Waals surface area contributed by atoms with Gasteiger partial charge in [-0.1, -0.05) is 32.0 Å². The fourth-order valence-electron chi connectivity index (χ4n) is 1.83. The standard InChI is InChI=1S/C14H19N3O3S/c1-10(2)14-17-16-13(20-14)8-9-15-21(18,19)12-7-5-4-6-11(12)3/h4-7,10,15H,8-9H2,1-3H3. The minimum atomic E-state index is -3.51. The molecule has 0 amide bonds. The average molecular weight is 309 g/mol. The molecule has 7 heteroatoms. The Morgan fingerprint density at radius 2 is 1.95 bits per heavy atom. The molecule has 1 aromatic carbocycles. The molecule has 0 bridgehead atoms. The molecular weight excluding hydrogens is 290 g/mol. The fourth-order valence-corrected chi connectivity index (χ4v) is 3.10. The van der Waals surface area contributed by atoms with E-state index in [2.05, 4.69) is 14.9 Å². The summed E-state index contributed by atoms with van der Waals surface area (Å²) >= 11 is 0. The second-order valence-electron chi connectivity index (χ2n) is 5.10. The van der Waals surface area contributed by atoms with E-state index < -0.39 is 10.0 Å². The van der Waals surface area contributed by atoms with Gasteiger partial charge in [-0.05, 0) is 18.6 Å². The van der Waals surface area contributed by atoms with E-state index in [-0.39, 0.29) is 12.5 Å². The van der Waals surface area contributed by atoms with Gasteiger partial charge in [0.2, 0.25) is 21.8 Å². The van der Waals surface area contributed by atoms with Crippen molar-refractivity contribution in [2.75, 3.05) is 6.54 Å². The normalized spacial score (nSPS) is 12.0. The van der Waals surface area contributed by atoms with Crippen LogP contribution in [-0.4, -0.2) is 25.2 Å². The van der Waals surface area contributed by atoms with Crippen LogP contribution >= 0.6 is 0 Å². The van der Waals surface area contributed by atoms with Crippen LogP contribution in [0.25, 0.3) is 0 Å². The largest absolute Gasteiger partial charge is 0.425 e. The summed E-state index contributed by atoms with van der Waals surface area (Å²) in [5.74, 6) is 1.16. The Balaban J connectivity index is 1.98. The van der Waals surface area contributed by atoms with Crippen molar-refractivity contribution in [2.24, 2.45) is 0 Å². The highest BCUT2D eigenvalue weighted by Crippen LogP contribution is 2.14. The van der Waals surface area contributed by atoms with Crippen LogP contribution in [0.2, 0.25) is 0 Å². The van der Waals surface area contributed by atoms with E-state index in [1.165, 1.54) is 0 Å². The van der Waals surface area contributed by atoms with Crippen LogP contribution in [0, 0.1) is 6.92 Å². The van der Waals surface area contributed by atoms with E-state index >= 15 is 0 Å². The lowest BCUT2D eigenvalue weighted by Crippen LogP contribution is -2.26. The van der Waals surface area contributed by atoms with Crippen molar-refractivity contribution in [3.05, 3.63) is 41.6 Å². The lowest BCUT2D eigenvalue weighted by molar-refractivity contribution is 0.431. The second-order valence-corrected chi connectivity index (χ2v) is 6.84. The zero-order chi connectivity index (χ0) is 15.5. The first-order valence-electron chi connectivity index (χ1n) is 6.77. The molecule has 0 fully saturated rings. The number of sulfonamides is 1. The first kappa shape index (κ1) is 15.7. The van der Waals surface area contributed by atoms with Crippen LogP contribution in [0.1, 0.15) is 37.1 Å². The highest BCUT2D eigenvalue weighted by Gasteiger charge is 2.16. The SMILES string of the molecule is Cc1ccccc1S(=O)(=O)NCCc1nnc(C(C)C)o1. The summed E-state index contributed by atoms with van der Waals surface area (Å²) in [5.41, 5.74) is 0.713. The van der Waals surface area contributed by atoms with Crippen molar-refractivity contribution in [1.82, 2.24) is 14.9 Å². The number of hydrogen-bond acceptors (Lipinski definition) is 5. The molecule has 0 spiro atoms. The van der Waals surface area contributed by atoms with Crippen molar-refractivity contribution in [3.8, 4) is 0 Å². The highest BCUT2D eigenvalue weighted by atomic mass is 32.2. The van der Waals surface area contributed by atoms with E-state index in [0.29, 0.717) is 28.7 Å². The number of hydrogen-bond donors (Lipinski definition) is 1. The number of benzene rings is 1. The molecule has 0 atom stereocenters. The first-order chi connectivity index (χ1) is 9.90. The van der Waals surface area contributed by atoms with Crippen molar-refractivity contribution in [1.29, 1.82) is 0 Å². The maximum Gasteiger partial charge on any atom is 0.240 e. The van der Waals surface area contributed by atoms with Gasteiger partial charge in [0.05, 0.1) is 4.90 Å². The van der Waals surface area contributed by atoms with Gasteiger partial charge in [0.1, 0.15) is 0 Å². The third-order valence-electron chi connectivity index (χ3n) is 2.99. The molecule has 1 aromatic heterocycles. The van der Waals surface area contributed by atoms with Gasteiger partial charge in [-0.3, -0.25) is 0 Å². The minimum Gasteiger partial charge on any atom is -0.425 e. The quantitative estimate of drug-likeness (QED) is 0.882. The van der Waals surface area contributed by atoms with Crippen LogP contribution in [0.5, 0.6) is 0 Å². The van der Waals surface area contributed by atoms with Crippen molar-refractivity contribution in [2.45, 2.75) is 38.0 Å². The number of nitrogens with zero attached hydrogens (tertiary/aromatic N) is 2. The molecule has 0 radical (unpaired) electrons. The van der Waals surface area contributed by atoms with E-state index in [4.69, 9.17) is 4.42 Å². The van der Waals surface area contributed by atoms with Gasteiger partial charge in [0.25, 0.3) is 0 Å². The summed E-state index contributed by atoms with van der Waals surface area (Å²) in [7, 11) is -3.51. The molecule has 114 valence electrons. The Labute approximate surface area is 124 Å². The minimum absolute atomic E-state index is 0.162. The molecule has 0 unspecified atom stereocenters. The Hall–Kier alpha value is -1.73. The van der Waals surface area contributed by atoms with Crippen molar-refractivity contribution in [3.63, 3.8) is 0 Å². The smallest absolute Gasteiger partial charge is 0.240 e. The predicted molar refractivity (Wildman–Crippen MR) is 78.5 cm³/mol. The lowest BCUT2D eigenvalue weighted by Gasteiger charge is -2.07. The molecule has 0 saturated heterocycles. The molecule has 2 aromatic rings. The molecule has 1 N–H and O–H groups in total. The topological polar surface area (TPSA) is 85.1 Å². The summed E-state index contributed by atoms with van der Waals surface area (Å²) < 4.78 is 32.3. The monoisotopic (exact) mass is 309 g/mol. The lowest BCUT2D eigenvalue weighted by atomic mass is 10.2. The van der Waals surface area contributed by atoms with Gasteiger partial charge in [-0.25, -0.2) is 13.1 Å². The van der Waals surface area contributed by atoms with Gasteiger partial charge < -0.3 is 4.42 Å². The average Bonchev–Trinajstić information content (AvgIpc) is 2.88. The molecule has 1 heterocycles. The van der Waals surface area contributed by atoms with Gasteiger partial charge in [-0.2, -0.15) is 0 Å². The molecule has 21 heavy (non-hydrogen) atoms. The molecule has 0 saturated carbocycles. The summed E-state index contributed by atoms with van der Waals surface area (Å²) in [6.07, 6.45) is 0.366. The van der Waals surface area contributed by atoms with Crippen molar-refractivity contribution < 1.29 is 12.8 Å². The van der Waals surface area contributed by atoms with E-state index in [1.807, 2.05) is 13.8 Å². The predicted octanol–water partition coefficient (Wildman–Crippen LogP) is 2.02. The van der Waals surface area contributed by atoms with Crippen LogP contribution in [-0.2, 0) is 16.4 Å². The fraction of sp³-hybridized carbons (Fsp3) is 0.429. The Kier molecular flexibility index (Phi) is 4.74. The molecular formula is C14H19N3O3S. The van der Waals surface area contributed by atoms with Gasteiger partial charge in [0, 0.05) is 18.9 Å². The van der Waals surface area contributed by atoms with E-state index in [1.54, 1.807) is 31.2 Å². The third kappa shape index (κ3) is 3.89. The second kappa shape index (κ2) is 6.36. The highest BCUT2D eigenvalue weighted by molar-refractivity contribution is 7.89. The zero-order valence-electron chi connectivity index (χ0n) is 12.3. The maximum atomic E-state index is 12.2. The Bertz CT molecular complexity index is 708. The number of aryl methyl sites for hydroxylation is 1. The summed E-state index contributed by atoms with van der Waals surface area (Å²) in [6, 6.07) is 6.86. The summed E-state index contributed by atoms with van der Waals surface area (Å²) in [4.78, 5) is 0.290. The maximum absolute atomic E-state index is 12.2. The van der Waals surface area contributed by atoms with Crippen molar-refractivity contribution >= 4 is 10.0 Å². The molecule has 2 rings (SSSR count). The van der Waals surface area contributed by atoms with Crippen LogP contribution in [0.3, 0.4) is 0 Å². The zero-order valence-corrected chi connectivity index (χ0v) is 13.1. The van der Waals surface area contributed by atoms with Crippen LogP contribution in [0.15, 0.2) is 33.6 Å². The number of rotatable bonds is 6. The third-order valence-corrected chi connectivity index (χ3v) is 4.61. The van der Waals surface area contributed by atoms with Gasteiger partial charge in [-0.15, -0.1) is 10.2 Å². The summed E-state index contributed by atoms with van der Waals surface area (Å²) in [5, 5.41) is 7.80. The van der Waals surface area contributed by atoms with Gasteiger partial charge >= 0.3 is 0 Å². The molecule has 0 aliphatic heterocycles. The number of aromatic nitrogens is 2. The van der Waals surface area contributed by atoms with E-state index in [9.17, 15) is 8.42 Å². The van der Waals surface area contributed by atoms with Crippen LogP contribution in [0.4, 0.5) is 0 Å². The van der Waals surface area contributed by atoms with Gasteiger partial charge in [0.15, 0.2) is 0 Å². The molecule has 0 aliphatic carbocycles. The Morgan fingerprint density at radius 1 is 1.24 bits per heavy atom.